The summed E-state index contributed by atoms with van der Waals surface area (Å²) in [6, 6.07) is 16.8. The molecular weight excluding hydrogens is 316 g/mol. The lowest BCUT2D eigenvalue weighted by molar-refractivity contribution is -0.139. The Morgan fingerprint density at radius 1 is 1.08 bits per heavy atom. The third-order valence-electron chi connectivity index (χ3n) is 4.37. The number of thioether (sulfide) groups is 1. The van der Waals surface area contributed by atoms with Crippen molar-refractivity contribution in [1.82, 2.24) is 0 Å². The van der Waals surface area contributed by atoms with E-state index in [0.717, 1.165) is 22.3 Å². The number of benzene rings is 2. The van der Waals surface area contributed by atoms with Crippen LogP contribution in [0.5, 0.6) is 0 Å². The van der Waals surface area contributed by atoms with Gasteiger partial charge in [-0.1, -0.05) is 36.4 Å². The zero-order valence-electron chi connectivity index (χ0n) is 14.1. The molecular formula is C21H20O2S. The summed E-state index contributed by atoms with van der Waals surface area (Å²) in [7, 11) is 1.44. The lowest BCUT2D eigenvalue weighted by atomic mass is 9.98. The van der Waals surface area contributed by atoms with Crippen LogP contribution < -0.4 is 0 Å². The highest BCUT2D eigenvalue weighted by molar-refractivity contribution is 7.98. The molecule has 2 nitrogen and oxygen atoms in total. The van der Waals surface area contributed by atoms with E-state index in [1.807, 2.05) is 12.1 Å². The minimum Gasteiger partial charge on any atom is -0.469 e. The number of carbonyl (C=O) groups excluding carboxylic acids is 1. The van der Waals surface area contributed by atoms with Crippen LogP contribution in [0.1, 0.15) is 30.0 Å². The maximum Gasteiger partial charge on any atom is 0.310 e. The van der Waals surface area contributed by atoms with Gasteiger partial charge < -0.3 is 4.74 Å². The van der Waals surface area contributed by atoms with Crippen molar-refractivity contribution < 1.29 is 9.53 Å². The number of hydrogen-bond acceptors (Lipinski definition) is 3. The smallest absolute Gasteiger partial charge is 0.310 e. The molecule has 2 aromatic rings. The van der Waals surface area contributed by atoms with E-state index in [2.05, 4.69) is 55.7 Å². The number of carbonyl (C=O) groups is 1. The van der Waals surface area contributed by atoms with Crippen molar-refractivity contribution in [2.45, 2.75) is 18.2 Å². The maximum absolute atomic E-state index is 11.9. The Kier molecular flexibility index (Phi) is 4.91. The second-order valence-electron chi connectivity index (χ2n) is 5.73. The van der Waals surface area contributed by atoms with Gasteiger partial charge in [0.2, 0.25) is 0 Å². The second-order valence-corrected chi connectivity index (χ2v) is 6.61. The van der Waals surface area contributed by atoms with Crippen molar-refractivity contribution in [2.75, 3.05) is 13.4 Å². The maximum atomic E-state index is 11.9. The Hall–Kier alpha value is -2.26. The van der Waals surface area contributed by atoms with Crippen LogP contribution in [0.2, 0.25) is 0 Å². The van der Waals surface area contributed by atoms with E-state index in [9.17, 15) is 4.79 Å². The molecule has 0 unspecified atom stereocenters. The van der Waals surface area contributed by atoms with E-state index < -0.39 is 0 Å². The van der Waals surface area contributed by atoms with Crippen molar-refractivity contribution in [3.8, 4) is 0 Å². The molecule has 0 amide bonds. The molecule has 0 saturated carbocycles. The number of esters is 1. The van der Waals surface area contributed by atoms with Crippen molar-refractivity contribution >= 4 is 35.0 Å². The second kappa shape index (κ2) is 7.10. The Morgan fingerprint density at radius 3 is 2.38 bits per heavy atom. The van der Waals surface area contributed by atoms with Crippen LogP contribution in [-0.2, 0) is 9.53 Å². The molecule has 0 heterocycles. The monoisotopic (exact) mass is 336 g/mol. The van der Waals surface area contributed by atoms with E-state index in [1.165, 1.54) is 23.1 Å². The zero-order chi connectivity index (χ0) is 17.1. The number of rotatable bonds is 4. The Labute approximate surface area is 147 Å². The van der Waals surface area contributed by atoms with E-state index in [1.54, 1.807) is 11.8 Å². The fourth-order valence-corrected chi connectivity index (χ4v) is 3.46. The van der Waals surface area contributed by atoms with Crippen LogP contribution in [0.25, 0.3) is 17.2 Å². The SMILES string of the molecule is COC(=O)CC1=C(C)c2ccccc2/C1=C\c1ccc(SC)cc1. The van der Waals surface area contributed by atoms with Crippen molar-refractivity contribution in [3.05, 3.63) is 70.8 Å². The molecule has 0 aliphatic heterocycles. The van der Waals surface area contributed by atoms with E-state index in [-0.39, 0.29) is 5.97 Å². The number of hydrogen-bond donors (Lipinski definition) is 0. The number of allylic oxidation sites excluding steroid dienone is 2. The van der Waals surface area contributed by atoms with Gasteiger partial charge in [-0.25, -0.2) is 0 Å². The Morgan fingerprint density at radius 2 is 1.75 bits per heavy atom. The van der Waals surface area contributed by atoms with Gasteiger partial charge in [0.15, 0.2) is 0 Å². The summed E-state index contributed by atoms with van der Waals surface area (Å²) in [5, 5.41) is 0. The van der Waals surface area contributed by atoms with Gasteiger partial charge in [-0.2, -0.15) is 0 Å². The average molecular weight is 336 g/mol. The molecule has 0 N–H and O–H groups in total. The summed E-state index contributed by atoms with van der Waals surface area (Å²) in [6.07, 6.45) is 4.53. The predicted octanol–water partition coefficient (Wildman–Crippen LogP) is 5.30. The summed E-state index contributed by atoms with van der Waals surface area (Å²) >= 11 is 1.73. The molecule has 0 aromatic heterocycles. The largest absolute Gasteiger partial charge is 0.469 e. The molecule has 2 aromatic carbocycles. The number of methoxy groups -OCH3 is 1. The summed E-state index contributed by atoms with van der Waals surface area (Å²) in [4.78, 5) is 13.1. The third-order valence-corrected chi connectivity index (χ3v) is 5.12. The van der Waals surface area contributed by atoms with Crippen molar-refractivity contribution in [2.24, 2.45) is 0 Å². The highest BCUT2D eigenvalue weighted by Crippen LogP contribution is 2.43. The molecule has 0 bridgehead atoms. The summed E-state index contributed by atoms with van der Waals surface area (Å²) in [5.74, 6) is -0.208. The fraction of sp³-hybridized carbons (Fsp3) is 0.190. The highest BCUT2D eigenvalue weighted by Gasteiger charge is 2.25. The van der Waals surface area contributed by atoms with E-state index in [0.29, 0.717) is 6.42 Å². The van der Waals surface area contributed by atoms with E-state index >= 15 is 0 Å². The molecule has 122 valence electrons. The van der Waals surface area contributed by atoms with Gasteiger partial charge in [0, 0.05) is 4.90 Å². The molecule has 0 atom stereocenters. The fourth-order valence-electron chi connectivity index (χ4n) is 3.05. The van der Waals surface area contributed by atoms with Crippen molar-refractivity contribution in [3.63, 3.8) is 0 Å². The van der Waals surface area contributed by atoms with Gasteiger partial charge in [0.1, 0.15) is 0 Å². The van der Waals surface area contributed by atoms with Crippen LogP contribution in [0.3, 0.4) is 0 Å². The number of fused-ring (bicyclic) bond motifs is 1. The molecule has 0 fully saturated rings. The topological polar surface area (TPSA) is 26.3 Å². The van der Waals surface area contributed by atoms with Crippen LogP contribution in [0.4, 0.5) is 0 Å². The molecule has 3 rings (SSSR count). The molecule has 3 heteroatoms. The zero-order valence-corrected chi connectivity index (χ0v) is 14.9. The van der Waals surface area contributed by atoms with Crippen molar-refractivity contribution in [1.29, 1.82) is 0 Å². The first-order valence-electron chi connectivity index (χ1n) is 7.86. The summed E-state index contributed by atoms with van der Waals surface area (Å²) in [5.41, 5.74) is 6.84. The molecule has 0 spiro atoms. The molecule has 0 radical (unpaired) electrons. The predicted molar refractivity (Wildman–Crippen MR) is 102 cm³/mol. The van der Waals surface area contributed by atoms with Gasteiger partial charge in [0.05, 0.1) is 13.5 Å². The molecule has 24 heavy (non-hydrogen) atoms. The average Bonchev–Trinajstić information content (AvgIpc) is 2.88. The molecule has 0 saturated heterocycles. The van der Waals surface area contributed by atoms with Gasteiger partial charge in [-0.05, 0) is 64.8 Å². The highest BCUT2D eigenvalue weighted by atomic mass is 32.2. The van der Waals surface area contributed by atoms with Gasteiger partial charge in [-0.3, -0.25) is 4.79 Å². The van der Waals surface area contributed by atoms with Gasteiger partial charge >= 0.3 is 5.97 Å². The quantitative estimate of drug-likeness (QED) is 0.560. The minimum atomic E-state index is -0.208. The van der Waals surface area contributed by atoms with Crippen LogP contribution in [0.15, 0.2) is 59.0 Å². The Bertz CT molecular complexity index is 829. The first kappa shape index (κ1) is 16.6. The normalized spacial score (nSPS) is 14.9. The summed E-state index contributed by atoms with van der Waals surface area (Å²) < 4.78 is 4.89. The van der Waals surface area contributed by atoms with Crippen LogP contribution >= 0.6 is 11.8 Å². The van der Waals surface area contributed by atoms with E-state index in [4.69, 9.17) is 4.74 Å². The molecule has 1 aliphatic rings. The van der Waals surface area contributed by atoms with Crippen LogP contribution in [0, 0.1) is 0 Å². The standard InChI is InChI=1S/C21H20O2S/c1-14-17-6-4-5-7-18(17)20(19(14)13-21(22)23-2)12-15-8-10-16(24-3)11-9-15/h4-12H,13H2,1-3H3/b20-12+. The minimum absolute atomic E-state index is 0.208. The lowest BCUT2D eigenvalue weighted by Gasteiger charge is -2.08. The Balaban J connectivity index is 2.07. The number of ether oxygens (including phenoxy) is 1. The van der Waals surface area contributed by atoms with Crippen LogP contribution in [-0.4, -0.2) is 19.3 Å². The first-order chi connectivity index (χ1) is 11.6. The third kappa shape index (κ3) is 3.17. The lowest BCUT2D eigenvalue weighted by Crippen LogP contribution is -2.02. The summed E-state index contributed by atoms with van der Waals surface area (Å²) in [6.45, 7) is 2.08. The van der Waals surface area contributed by atoms with Gasteiger partial charge in [-0.15, -0.1) is 11.8 Å². The first-order valence-corrected chi connectivity index (χ1v) is 9.09. The molecule has 1 aliphatic carbocycles. The van der Waals surface area contributed by atoms with Gasteiger partial charge in [0.25, 0.3) is 0 Å².